The van der Waals surface area contributed by atoms with Crippen molar-refractivity contribution in [1.29, 1.82) is 0 Å². The summed E-state index contributed by atoms with van der Waals surface area (Å²) in [5.74, 6) is 0.704. The Bertz CT molecular complexity index is 3140. The lowest BCUT2D eigenvalue weighted by Gasteiger charge is -2.11. The Morgan fingerprint density at radius 3 is 1.50 bits per heavy atom. The highest BCUT2D eigenvalue weighted by molar-refractivity contribution is 6.12. The summed E-state index contributed by atoms with van der Waals surface area (Å²) in [6, 6.07) is 73.5. The first-order chi connectivity index (χ1) is 30.6. The molecule has 0 unspecified atom stereocenters. The summed E-state index contributed by atoms with van der Waals surface area (Å²) >= 11 is 0. The number of hydrogen-bond acceptors (Lipinski definition) is 5. The highest BCUT2D eigenvalue weighted by Crippen LogP contribution is 2.36. The lowest BCUT2D eigenvalue weighted by Crippen LogP contribution is -2.09. The van der Waals surface area contributed by atoms with E-state index in [1.807, 2.05) is 55.6 Å². The van der Waals surface area contributed by atoms with E-state index in [2.05, 4.69) is 175 Å². The van der Waals surface area contributed by atoms with Crippen LogP contribution >= 0.6 is 0 Å². The molecule has 0 saturated heterocycles. The molecule has 10 aromatic rings. The summed E-state index contributed by atoms with van der Waals surface area (Å²) < 4.78 is 6.35. The van der Waals surface area contributed by atoms with Crippen LogP contribution in [0.2, 0.25) is 0 Å². The van der Waals surface area contributed by atoms with Crippen molar-refractivity contribution in [3.8, 4) is 56.2 Å². The molecule has 5 nitrogen and oxygen atoms in total. The summed E-state index contributed by atoms with van der Waals surface area (Å²) in [7, 11) is 1.96. The van der Waals surface area contributed by atoms with Crippen LogP contribution in [0.3, 0.4) is 0 Å². The van der Waals surface area contributed by atoms with Gasteiger partial charge >= 0.3 is 0 Å². The Labute approximate surface area is 361 Å². The SMILES string of the molecule is CN/C(=C\C(=N/Cc1ccccc1)c1ccccc1)c1ccc(-c2ccc3oc4ccc(-c5ccc(-c6cc(-c7ccccc7)nc(-c7ccccc7)n6)cc5)cc4c3c2)cc1. The first kappa shape index (κ1) is 38.1. The largest absolute Gasteiger partial charge is 0.456 e. The summed E-state index contributed by atoms with van der Waals surface area (Å²) in [5, 5.41) is 5.59. The second-order valence-electron chi connectivity index (χ2n) is 15.2. The fraction of sp³-hybridized carbons (Fsp3) is 0.0351. The minimum atomic E-state index is 0.604. The lowest BCUT2D eigenvalue weighted by atomic mass is 9.98. The third kappa shape index (κ3) is 8.08. The van der Waals surface area contributed by atoms with Crippen molar-refractivity contribution in [2.75, 3.05) is 7.05 Å². The quantitative estimate of drug-likeness (QED) is 0.132. The monoisotopic (exact) mass is 798 g/mol. The second-order valence-corrected chi connectivity index (χ2v) is 15.2. The molecule has 0 radical (unpaired) electrons. The Morgan fingerprint density at radius 2 is 0.935 bits per heavy atom. The zero-order chi connectivity index (χ0) is 41.7. The van der Waals surface area contributed by atoms with Crippen LogP contribution in [0.5, 0.6) is 0 Å². The molecule has 0 fully saturated rings. The maximum absolute atomic E-state index is 6.35. The van der Waals surface area contributed by atoms with E-state index in [0.29, 0.717) is 12.4 Å². The summed E-state index contributed by atoms with van der Waals surface area (Å²) in [6.45, 7) is 0.604. The van der Waals surface area contributed by atoms with Gasteiger partial charge in [-0.2, -0.15) is 0 Å². The van der Waals surface area contributed by atoms with Crippen LogP contribution < -0.4 is 5.32 Å². The molecular weight excluding hydrogens is 757 g/mol. The number of nitrogens with zero attached hydrogens (tertiary/aromatic N) is 3. The Balaban J connectivity index is 0.932. The molecule has 2 aromatic heterocycles. The van der Waals surface area contributed by atoms with Crippen molar-refractivity contribution in [2.45, 2.75) is 6.54 Å². The molecule has 10 rings (SSSR count). The molecule has 2 heterocycles. The van der Waals surface area contributed by atoms with E-state index < -0.39 is 0 Å². The highest BCUT2D eigenvalue weighted by atomic mass is 16.3. The van der Waals surface area contributed by atoms with Gasteiger partial charge in [0.1, 0.15) is 11.2 Å². The van der Waals surface area contributed by atoms with Crippen LogP contribution in [0.25, 0.3) is 83.8 Å². The predicted octanol–water partition coefficient (Wildman–Crippen LogP) is 14.0. The average molecular weight is 799 g/mol. The van der Waals surface area contributed by atoms with E-state index in [1.54, 1.807) is 0 Å². The number of allylic oxidation sites excluding steroid dienone is 1. The maximum atomic E-state index is 6.35. The van der Waals surface area contributed by atoms with Gasteiger partial charge in [-0.3, -0.25) is 4.99 Å². The van der Waals surface area contributed by atoms with Crippen LogP contribution in [-0.4, -0.2) is 22.7 Å². The highest BCUT2D eigenvalue weighted by Gasteiger charge is 2.14. The third-order valence-corrected chi connectivity index (χ3v) is 11.2. The third-order valence-electron chi connectivity index (χ3n) is 11.2. The van der Waals surface area contributed by atoms with Gasteiger partial charge in [-0.15, -0.1) is 0 Å². The molecular formula is C57H42N4O. The van der Waals surface area contributed by atoms with Crippen LogP contribution in [0.4, 0.5) is 0 Å². The first-order valence-electron chi connectivity index (χ1n) is 20.9. The Hall–Kier alpha value is -8.15. The van der Waals surface area contributed by atoms with E-state index in [9.17, 15) is 0 Å². The molecule has 62 heavy (non-hydrogen) atoms. The lowest BCUT2D eigenvalue weighted by molar-refractivity contribution is 0.669. The molecule has 0 aliphatic heterocycles. The second kappa shape index (κ2) is 17.2. The first-order valence-corrected chi connectivity index (χ1v) is 20.9. The minimum absolute atomic E-state index is 0.604. The molecule has 0 spiro atoms. The molecule has 0 aliphatic carbocycles. The predicted molar refractivity (Wildman–Crippen MR) is 257 cm³/mol. The van der Waals surface area contributed by atoms with E-state index in [4.69, 9.17) is 19.4 Å². The van der Waals surface area contributed by atoms with Gasteiger partial charge in [-0.1, -0.05) is 182 Å². The fourth-order valence-electron chi connectivity index (χ4n) is 7.91. The summed E-state index contributed by atoms with van der Waals surface area (Å²) in [6.07, 6.45) is 2.14. The number of fused-ring (bicyclic) bond motifs is 3. The number of aliphatic imine (C=N–C) groups is 1. The van der Waals surface area contributed by atoms with Crippen LogP contribution in [0.1, 0.15) is 16.7 Å². The zero-order valence-electron chi connectivity index (χ0n) is 34.2. The molecule has 0 atom stereocenters. The molecule has 0 bridgehead atoms. The van der Waals surface area contributed by atoms with E-state index >= 15 is 0 Å². The molecule has 0 saturated carbocycles. The van der Waals surface area contributed by atoms with Crippen molar-refractivity contribution >= 4 is 33.3 Å². The van der Waals surface area contributed by atoms with Gasteiger partial charge in [0.15, 0.2) is 5.82 Å². The molecule has 1 N–H and O–H groups in total. The van der Waals surface area contributed by atoms with Gasteiger partial charge < -0.3 is 9.73 Å². The topological polar surface area (TPSA) is 63.3 Å². The number of aromatic nitrogens is 2. The molecule has 8 aromatic carbocycles. The fourth-order valence-corrected chi connectivity index (χ4v) is 7.91. The van der Waals surface area contributed by atoms with Gasteiger partial charge in [0.25, 0.3) is 0 Å². The van der Waals surface area contributed by atoms with Gasteiger partial charge in [0, 0.05) is 40.2 Å². The summed E-state index contributed by atoms with van der Waals surface area (Å²) in [4.78, 5) is 15.0. The van der Waals surface area contributed by atoms with Crippen LogP contribution in [0, 0.1) is 0 Å². The van der Waals surface area contributed by atoms with E-state index in [0.717, 1.165) is 94.8 Å². The number of furan rings is 1. The maximum Gasteiger partial charge on any atom is 0.160 e. The average Bonchev–Trinajstić information content (AvgIpc) is 3.72. The Morgan fingerprint density at radius 1 is 0.468 bits per heavy atom. The molecule has 296 valence electrons. The van der Waals surface area contributed by atoms with Crippen molar-refractivity contribution < 1.29 is 4.42 Å². The van der Waals surface area contributed by atoms with E-state index in [1.165, 1.54) is 5.56 Å². The Kier molecular flexibility index (Phi) is 10.6. The zero-order valence-corrected chi connectivity index (χ0v) is 34.2. The number of hydrogen-bond donors (Lipinski definition) is 1. The minimum Gasteiger partial charge on any atom is -0.456 e. The van der Waals surface area contributed by atoms with Gasteiger partial charge in [-0.05, 0) is 75.4 Å². The number of benzene rings is 8. The smallest absolute Gasteiger partial charge is 0.160 e. The van der Waals surface area contributed by atoms with Crippen molar-refractivity contribution in [2.24, 2.45) is 4.99 Å². The normalized spacial score (nSPS) is 11.9. The molecule has 0 aliphatic rings. The van der Waals surface area contributed by atoms with Crippen LogP contribution in [-0.2, 0) is 6.54 Å². The summed E-state index contributed by atoms with van der Waals surface area (Å²) in [5.41, 5.74) is 16.3. The van der Waals surface area contributed by atoms with Gasteiger partial charge in [0.2, 0.25) is 0 Å². The van der Waals surface area contributed by atoms with Crippen molar-refractivity contribution in [1.82, 2.24) is 15.3 Å². The van der Waals surface area contributed by atoms with Gasteiger partial charge in [0.05, 0.1) is 23.6 Å². The van der Waals surface area contributed by atoms with Crippen LogP contribution in [0.15, 0.2) is 228 Å². The standard InChI is InChI=1S/C57H42N4O/c1-58-51(36-52(42-16-8-3-9-17-42)59-38-39-14-6-2-7-15-39)44-26-22-40(23-27-44)47-30-32-55-49(34-47)50-35-48(31-33-56(50)62-55)41-24-28-45(29-25-41)54-37-53(43-18-10-4-11-19-43)60-57(61-54)46-20-12-5-13-21-46/h2-37,58H,38H2,1H3/b51-36-,59-52+. The van der Waals surface area contributed by atoms with Crippen molar-refractivity contribution in [3.05, 3.63) is 235 Å². The number of rotatable bonds is 11. The molecule has 5 heteroatoms. The van der Waals surface area contributed by atoms with Gasteiger partial charge in [-0.25, -0.2) is 9.97 Å². The number of nitrogens with one attached hydrogen (secondary N) is 1. The molecule has 0 amide bonds. The van der Waals surface area contributed by atoms with Crippen molar-refractivity contribution in [3.63, 3.8) is 0 Å². The van der Waals surface area contributed by atoms with E-state index in [-0.39, 0.29) is 0 Å².